The van der Waals surface area contributed by atoms with Crippen LogP contribution in [0.15, 0.2) is 47.5 Å². The zero-order valence-corrected chi connectivity index (χ0v) is 17.9. The predicted octanol–water partition coefficient (Wildman–Crippen LogP) is 4.83. The number of imidazole rings is 1. The van der Waals surface area contributed by atoms with Gasteiger partial charge in [0.05, 0.1) is 0 Å². The molecular formula is C22H27N5OS. The van der Waals surface area contributed by atoms with Crippen molar-refractivity contribution in [3.8, 4) is 0 Å². The summed E-state index contributed by atoms with van der Waals surface area (Å²) in [6, 6.07) is 12.2. The molecule has 1 aliphatic rings. The smallest absolute Gasteiger partial charge is 0.321 e. The van der Waals surface area contributed by atoms with E-state index in [2.05, 4.69) is 28.7 Å². The highest BCUT2D eigenvalue weighted by Crippen LogP contribution is 2.26. The molecule has 0 radical (unpaired) electrons. The Hall–Kier alpha value is -2.54. The Morgan fingerprint density at radius 2 is 2.07 bits per heavy atom. The molecule has 3 heterocycles. The van der Waals surface area contributed by atoms with Crippen molar-refractivity contribution in [2.24, 2.45) is 5.92 Å². The highest BCUT2D eigenvalue weighted by molar-refractivity contribution is 7.98. The number of urea groups is 1. The number of likely N-dealkylation sites (tertiary alicyclic amines) is 1. The highest BCUT2D eigenvalue weighted by atomic mass is 32.2. The number of fused-ring (bicyclic) bond motifs is 1. The lowest BCUT2D eigenvalue weighted by molar-refractivity contribution is 0.220. The second-order valence-corrected chi connectivity index (χ2v) is 8.68. The van der Waals surface area contributed by atoms with E-state index in [0.717, 1.165) is 48.6 Å². The van der Waals surface area contributed by atoms with Crippen LogP contribution in [0.2, 0.25) is 0 Å². The van der Waals surface area contributed by atoms with E-state index >= 15 is 0 Å². The van der Waals surface area contributed by atoms with E-state index in [1.165, 1.54) is 4.90 Å². The van der Waals surface area contributed by atoms with E-state index in [0.29, 0.717) is 12.0 Å². The van der Waals surface area contributed by atoms with Gasteiger partial charge in [0.25, 0.3) is 0 Å². The van der Waals surface area contributed by atoms with Crippen molar-refractivity contribution in [3.63, 3.8) is 0 Å². The lowest BCUT2D eigenvalue weighted by Gasteiger charge is -2.18. The summed E-state index contributed by atoms with van der Waals surface area (Å²) in [5.41, 5.74) is 2.72. The number of anilines is 1. The number of carbonyl (C=O) groups excluding carboxylic acids is 1. The molecule has 2 amide bonds. The third kappa shape index (κ3) is 4.24. The first-order valence-corrected chi connectivity index (χ1v) is 11.3. The lowest BCUT2D eigenvalue weighted by atomic mass is 10.0. The molecule has 0 unspecified atom stereocenters. The topological polar surface area (TPSA) is 63.1 Å². The molecule has 0 aliphatic carbocycles. The van der Waals surface area contributed by atoms with E-state index in [1.54, 1.807) is 11.8 Å². The van der Waals surface area contributed by atoms with Gasteiger partial charge in [-0.15, -0.1) is 11.8 Å². The van der Waals surface area contributed by atoms with Crippen LogP contribution in [-0.4, -0.2) is 44.8 Å². The van der Waals surface area contributed by atoms with Gasteiger partial charge in [0, 0.05) is 42.3 Å². The molecule has 1 fully saturated rings. The molecule has 1 atom stereocenters. The van der Waals surface area contributed by atoms with E-state index in [9.17, 15) is 4.79 Å². The molecule has 2 aromatic heterocycles. The number of hydrogen-bond donors (Lipinski definition) is 1. The van der Waals surface area contributed by atoms with Crippen LogP contribution in [0.1, 0.15) is 32.1 Å². The minimum absolute atomic E-state index is 0.0246. The maximum Gasteiger partial charge on any atom is 0.321 e. The first-order valence-electron chi connectivity index (χ1n) is 10.1. The average molecular weight is 410 g/mol. The van der Waals surface area contributed by atoms with Crippen LogP contribution < -0.4 is 5.32 Å². The van der Waals surface area contributed by atoms with Gasteiger partial charge in [0.15, 0.2) is 5.65 Å². The van der Waals surface area contributed by atoms with Gasteiger partial charge < -0.3 is 14.8 Å². The lowest BCUT2D eigenvalue weighted by Crippen LogP contribution is -2.33. The van der Waals surface area contributed by atoms with E-state index in [4.69, 9.17) is 4.98 Å². The number of hydrogen-bond acceptors (Lipinski definition) is 4. The zero-order valence-electron chi connectivity index (χ0n) is 17.1. The van der Waals surface area contributed by atoms with Gasteiger partial charge in [-0.3, -0.25) is 0 Å². The van der Waals surface area contributed by atoms with Crippen molar-refractivity contribution >= 4 is 34.6 Å². The van der Waals surface area contributed by atoms with Gasteiger partial charge in [0.2, 0.25) is 0 Å². The molecule has 0 spiro atoms. The summed E-state index contributed by atoms with van der Waals surface area (Å²) in [4.78, 5) is 25.1. The van der Waals surface area contributed by atoms with E-state index < -0.39 is 0 Å². The van der Waals surface area contributed by atoms with E-state index in [-0.39, 0.29) is 6.03 Å². The molecule has 1 aromatic carbocycles. The SMILES string of the molecule is CSc1ccc(NC(=O)N2CC[C@@H](Cc3nc4cccnc4n3C(C)C)C2)cc1. The Balaban J connectivity index is 1.41. The molecule has 0 bridgehead atoms. The fourth-order valence-corrected chi connectivity index (χ4v) is 4.39. The molecule has 0 saturated carbocycles. The summed E-state index contributed by atoms with van der Waals surface area (Å²) in [5, 5.41) is 3.02. The summed E-state index contributed by atoms with van der Waals surface area (Å²) < 4.78 is 2.23. The Bertz CT molecular complexity index is 998. The van der Waals surface area contributed by atoms with Gasteiger partial charge in [-0.05, 0) is 68.8 Å². The Kier molecular flexibility index (Phi) is 5.76. The number of nitrogens with zero attached hydrogens (tertiary/aromatic N) is 4. The molecule has 3 aromatic rings. The number of pyridine rings is 1. The standard InChI is InChI=1S/C22H27N5OS/c1-15(2)27-20(25-19-5-4-11-23-21(19)27)13-16-10-12-26(14-16)22(28)24-17-6-8-18(29-3)9-7-17/h4-9,11,15-16H,10,12-14H2,1-3H3,(H,24,28)/t16-/m0/s1. The third-order valence-electron chi connectivity index (χ3n) is 5.42. The zero-order chi connectivity index (χ0) is 20.4. The average Bonchev–Trinajstić information content (AvgIpc) is 3.33. The third-order valence-corrected chi connectivity index (χ3v) is 6.17. The van der Waals surface area contributed by atoms with Crippen LogP contribution in [-0.2, 0) is 6.42 Å². The molecular weight excluding hydrogens is 382 g/mol. The van der Waals surface area contributed by atoms with Crippen LogP contribution in [0.4, 0.5) is 10.5 Å². The van der Waals surface area contributed by atoms with Crippen LogP contribution in [0, 0.1) is 5.92 Å². The number of thioether (sulfide) groups is 1. The fourth-order valence-electron chi connectivity index (χ4n) is 3.98. The number of aromatic nitrogens is 3. The number of rotatable bonds is 5. The van der Waals surface area contributed by atoms with E-state index in [1.807, 2.05) is 53.8 Å². The van der Waals surface area contributed by atoms with Crippen LogP contribution in [0.25, 0.3) is 11.2 Å². The quantitative estimate of drug-likeness (QED) is 0.613. The molecule has 152 valence electrons. The van der Waals surface area contributed by atoms with Gasteiger partial charge >= 0.3 is 6.03 Å². The number of nitrogens with one attached hydrogen (secondary N) is 1. The summed E-state index contributed by atoms with van der Waals surface area (Å²) >= 11 is 1.69. The summed E-state index contributed by atoms with van der Waals surface area (Å²) in [7, 11) is 0. The second kappa shape index (κ2) is 8.45. The molecule has 1 N–H and O–H groups in total. The largest absolute Gasteiger partial charge is 0.324 e. The Morgan fingerprint density at radius 3 is 2.79 bits per heavy atom. The normalized spacial score (nSPS) is 16.7. The summed E-state index contributed by atoms with van der Waals surface area (Å²) in [6.07, 6.45) is 5.72. The highest BCUT2D eigenvalue weighted by Gasteiger charge is 2.28. The summed E-state index contributed by atoms with van der Waals surface area (Å²) in [6.45, 7) is 5.86. The molecule has 1 saturated heterocycles. The fraction of sp³-hybridized carbons (Fsp3) is 0.409. The minimum atomic E-state index is -0.0246. The number of carbonyl (C=O) groups is 1. The predicted molar refractivity (Wildman–Crippen MR) is 119 cm³/mol. The Labute approximate surface area is 175 Å². The molecule has 7 heteroatoms. The number of amides is 2. The van der Waals surface area contributed by atoms with Crippen molar-refractivity contribution in [3.05, 3.63) is 48.4 Å². The molecule has 6 nitrogen and oxygen atoms in total. The Morgan fingerprint density at radius 1 is 1.28 bits per heavy atom. The van der Waals surface area contributed by atoms with Crippen LogP contribution in [0.3, 0.4) is 0 Å². The summed E-state index contributed by atoms with van der Waals surface area (Å²) in [5.74, 6) is 1.47. The van der Waals surface area contributed by atoms with Crippen molar-refractivity contribution < 1.29 is 4.79 Å². The van der Waals surface area contributed by atoms with Crippen molar-refractivity contribution in [1.29, 1.82) is 0 Å². The second-order valence-electron chi connectivity index (χ2n) is 7.80. The van der Waals surface area contributed by atoms with Gasteiger partial charge in [-0.25, -0.2) is 14.8 Å². The maximum absolute atomic E-state index is 12.7. The maximum atomic E-state index is 12.7. The molecule has 4 rings (SSSR count). The van der Waals surface area contributed by atoms with Crippen LogP contribution in [0.5, 0.6) is 0 Å². The minimum Gasteiger partial charge on any atom is -0.324 e. The van der Waals surface area contributed by atoms with Crippen molar-refractivity contribution in [2.75, 3.05) is 24.7 Å². The first kappa shape index (κ1) is 19.8. The number of benzene rings is 1. The van der Waals surface area contributed by atoms with Crippen LogP contribution >= 0.6 is 11.8 Å². The van der Waals surface area contributed by atoms with Gasteiger partial charge in [-0.2, -0.15) is 0 Å². The van der Waals surface area contributed by atoms with Gasteiger partial charge in [0.1, 0.15) is 11.3 Å². The molecule has 29 heavy (non-hydrogen) atoms. The van der Waals surface area contributed by atoms with Gasteiger partial charge in [-0.1, -0.05) is 0 Å². The first-order chi connectivity index (χ1) is 14.0. The van der Waals surface area contributed by atoms with Crippen molar-refractivity contribution in [1.82, 2.24) is 19.4 Å². The monoisotopic (exact) mass is 409 g/mol. The van der Waals surface area contributed by atoms with Crippen molar-refractivity contribution in [2.45, 2.75) is 37.6 Å². The molecule has 1 aliphatic heterocycles.